The lowest BCUT2D eigenvalue weighted by Crippen LogP contribution is -2.24. The second kappa shape index (κ2) is 8.68. The lowest BCUT2D eigenvalue weighted by atomic mass is 10.0. The maximum absolute atomic E-state index is 12.0. The summed E-state index contributed by atoms with van der Waals surface area (Å²) in [5, 5.41) is 18.3. The smallest absolute Gasteiger partial charge is 0.249 e. The Bertz CT molecular complexity index is 1050. The van der Waals surface area contributed by atoms with Crippen molar-refractivity contribution in [1.29, 1.82) is 0 Å². The standard InChI is InChI=1S/C21H19N3O4/c1-28-16-7-4-6-15(11-16)23-20(26)12-21(27)24-22-13-18-17-8-3-2-5-14(17)9-10-19(18)25/h2-11,13,25H,12H2,1H3,(H,23,26)(H,24,27). The summed E-state index contributed by atoms with van der Waals surface area (Å²) < 4.78 is 5.08. The molecule has 0 spiro atoms. The summed E-state index contributed by atoms with van der Waals surface area (Å²) in [5.74, 6) is -0.403. The van der Waals surface area contributed by atoms with E-state index in [0.717, 1.165) is 10.8 Å². The first-order valence-electron chi connectivity index (χ1n) is 8.53. The molecule has 0 bridgehead atoms. The molecule has 3 aromatic rings. The van der Waals surface area contributed by atoms with Crippen LogP contribution in [-0.2, 0) is 9.59 Å². The average Bonchev–Trinajstić information content (AvgIpc) is 2.69. The third-order valence-corrected chi connectivity index (χ3v) is 4.01. The van der Waals surface area contributed by atoms with Crippen LogP contribution in [0.15, 0.2) is 65.8 Å². The number of carbonyl (C=O) groups is 2. The molecule has 7 heteroatoms. The van der Waals surface area contributed by atoms with Gasteiger partial charge in [-0.3, -0.25) is 9.59 Å². The van der Waals surface area contributed by atoms with Gasteiger partial charge in [-0.25, -0.2) is 5.43 Å². The van der Waals surface area contributed by atoms with Gasteiger partial charge in [0.1, 0.15) is 17.9 Å². The summed E-state index contributed by atoms with van der Waals surface area (Å²) in [7, 11) is 1.53. The summed E-state index contributed by atoms with van der Waals surface area (Å²) in [6.07, 6.45) is 0.964. The van der Waals surface area contributed by atoms with Crippen LogP contribution in [0.5, 0.6) is 11.5 Å². The van der Waals surface area contributed by atoms with Crippen molar-refractivity contribution in [2.24, 2.45) is 5.10 Å². The van der Waals surface area contributed by atoms with Crippen LogP contribution in [0.1, 0.15) is 12.0 Å². The van der Waals surface area contributed by atoms with Gasteiger partial charge in [0.15, 0.2) is 0 Å². The molecule has 3 N–H and O–H groups in total. The predicted molar refractivity (Wildman–Crippen MR) is 108 cm³/mol. The van der Waals surface area contributed by atoms with Gasteiger partial charge in [-0.1, -0.05) is 36.4 Å². The number of hydrogen-bond acceptors (Lipinski definition) is 5. The number of carbonyl (C=O) groups excluding carboxylic acids is 2. The Hall–Kier alpha value is -3.87. The molecule has 2 amide bonds. The number of hydrazone groups is 1. The van der Waals surface area contributed by atoms with Gasteiger partial charge in [-0.2, -0.15) is 5.10 Å². The van der Waals surface area contributed by atoms with Crippen molar-refractivity contribution in [3.63, 3.8) is 0 Å². The zero-order valence-corrected chi connectivity index (χ0v) is 15.2. The van der Waals surface area contributed by atoms with Gasteiger partial charge in [0.25, 0.3) is 0 Å². The Kier molecular flexibility index (Phi) is 5.86. The number of phenols is 1. The SMILES string of the molecule is COc1cccc(NC(=O)CC(=O)NN=Cc2c(O)ccc3ccccc23)c1. The summed E-state index contributed by atoms with van der Waals surface area (Å²) in [6, 6.07) is 17.7. The van der Waals surface area contributed by atoms with Gasteiger partial charge in [0.05, 0.1) is 13.3 Å². The molecule has 28 heavy (non-hydrogen) atoms. The Morgan fingerprint density at radius 2 is 1.89 bits per heavy atom. The Balaban J connectivity index is 1.60. The molecule has 0 atom stereocenters. The van der Waals surface area contributed by atoms with Crippen LogP contribution in [-0.4, -0.2) is 30.2 Å². The molecule has 0 saturated heterocycles. The van der Waals surface area contributed by atoms with E-state index in [9.17, 15) is 14.7 Å². The highest BCUT2D eigenvalue weighted by molar-refractivity contribution is 6.05. The van der Waals surface area contributed by atoms with Crippen LogP contribution in [0.4, 0.5) is 5.69 Å². The van der Waals surface area contributed by atoms with Crippen molar-refractivity contribution in [3.05, 3.63) is 66.2 Å². The van der Waals surface area contributed by atoms with E-state index in [4.69, 9.17) is 4.74 Å². The number of benzene rings is 3. The van der Waals surface area contributed by atoms with Crippen molar-refractivity contribution in [3.8, 4) is 11.5 Å². The first-order valence-corrected chi connectivity index (χ1v) is 8.53. The minimum absolute atomic E-state index is 0.0486. The number of hydrogen-bond donors (Lipinski definition) is 3. The number of rotatable bonds is 6. The second-order valence-electron chi connectivity index (χ2n) is 5.97. The molecule has 142 valence electrons. The highest BCUT2D eigenvalue weighted by atomic mass is 16.5. The third kappa shape index (κ3) is 4.64. The molecule has 0 unspecified atom stereocenters. The maximum Gasteiger partial charge on any atom is 0.249 e. The van der Waals surface area contributed by atoms with Gasteiger partial charge < -0.3 is 15.2 Å². The van der Waals surface area contributed by atoms with Crippen LogP contribution in [0.3, 0.4) is 0 Å². The minimum atomic E-state index is -0.573. The van der Waals surface area contributed by atoms with Crippen LogP contribution in [0, 0.1) is 0 Å². The summed E-state index contributed by atoms with van der Waals surface area (Å²) in [6.45, 7) is 0. The lowest BCUT2D eigenvalue weighted by Gasteiger charge is -2.07. The van der Waals surface area contributed by atoms with Crippen molar-refractivity contribution in [2.45, 2.75) is 6.42 Å². The summed E-state index contributed by atoms with van der Waals surface area (Å²) in [5.41, 5.74) is 3.31. The molecule has 0 fully saturated rings. The lowest BCUT2D eigenvalue weighted by molar-refractivity contribution is -0.126. The molecule has 0 heterocycles. The monoisotopic (exact) mass is 377 g/mol. The van der Waals surface area contributed by atoms with Gasteiger partial charge >= 0.3 is 0 Å². The van der Waals surface area contributed by atoms with Gasteiger partial charge in [0, 0.05) is 17.3 Å². The van der Waals surface area contributed by atoms with Crippen LogP contribution in [0.2, 0.25) is 0 Å². The largest absolute Gasteiger partial charge is 0.507 e. The molecular weight excluding hydrogens is 358 g/mol. The average molecular weight is 377 g/mol. The molecule has 3 rings (SSSR count). The van der Waals surface area contributed by atoms with Crippen LogP contribution in [0.25, 0.3) is 10.8 Å². The number of phenolic OH excluding ortho intramolecular Hbond substituents is 1. The van der Waals surface area contributed by atoms with E-state index >= 15 is 0 Å². The van der Waals surface area contributed by atoms with E-state index < -0.39 is 18.2 Å². The van der Waals surface area contributed by atoms with Gasteiger partial charge in [-0.15, -0.1) is 0 Å². The summed E-state index contributed by atoms with van der Waals surface area (Å²) >= 11 is 0. The normalized spacial score (nSPS) is 10.8. The number of amides is 2. The van der Waals surface area contributed by atoms with E-state index in [1.54, 1.807) is 36.4 Å². The topological polar surface area (TPSA) is 100 Å². The number of aromatic hydroxyl groups is 1. The van der Waals surface area contributed by atoms with Gasteiger partial charge in [0.2, 0.25) is 11.8 Å². The van der Waals surface area contributed by atoms with E-state index in [0.29, 0.717) is 17.0 Å². The van der Waals surface area contributed by atoms with E-state index in [1.807, 2.05) is 24.3 Å². The number of nitrogens with zero attached hydrogens (tertiary/aromatic N) is 1. The first kappa shape index (κ1) is 18.9. The number of fused-ring (bicyclic) bond motifs is 1. The number of ether oxygens (including phenoxy) is 1. The van der Waals surface area contributed by atoms with E-state index in [1.165, 1.54) is 13.3 Å². The van der Waals surface area contributed by atoms with Crippen LogP contribution >= 0.6 is 0 Å². The first-order chi connectivity index (χ1) is 13.6. The molecular formula is C21H19N3O4. The molecule has 3 aromatic carbocycles. The predicted octanol–water partition coefficient (Wildman–Crippen LogP) is 3.03. The molecule has 0 saturated carbocycles. The Morgan fingerprint density at radius 3 is 2.71 bits per heavy atom. The highest BCUT2D eigenvalue weighted by Crippen LogP contribution is 2.25. The molecule has 0 aliphatic heterocycles. The van der Waals surface area contributed by atoms with Crippen LogP contribution < -0.4 is 15.5 Å². The molecule has 7 nitrogen and oxygen atoms in total. The zero-order valence-electron chi connectivity index (χ0n) is 15.2. The fourth-order valence-electron chi connectivity index (χ4n) is 2.68. The molecule has 0 aliphatic carbocycles. The molecule has 0 radical (unpaired) electrons. The summed E-state index contributed by atoms with van der Waals surface area (Å²) in [4.78, 5) is 23.9. The number of nitrogens with one attached hydrogen (secondary N) is 2. The van der Waals surface area contributed by atoms with Crippen molar-refractivity contribution >= 4 is 34.5 Å². The fraction of sp³-hybridized carbons (Fsp3) is 0.0952. The van der Waals surface area contributed by atoms with Crippen molar-refractivity contribution in [1.82, 2.24) is 5.43 Å². The third-order valence-electron chi connectivity index (χ3n) is 4.01. The maximum atomic E-state index is 12.0. The van der Waals surface area contributed by atoms with Crippen molar-refractivity contribution in [2.75, 3.05) is 12.4 Å². The quantitative estimate of drug-likeness (QED) is 0.349. The highest BCUT2D eigenvalue weighted by Gasteiger charge is 2.10. The van der Waals surface area contributed by atoms with E-state index in [-0.39, 0.29) is 5.75 Å². The Labute approximate surface area is 161 Å². The van der Waals surface area contributed by atoms with Gasteiger partial charge in [-0.05, 0) is 29.0 Å². The zero-order chi connectivity index (χ0) is 19.9. The number of methoxy groups -OCH3 is 1. The van der Waals surface area contributed by atoms with Crippen molar-refractivity contribution < 1.29 is 19.4 Å². The number of anilines is 1. The fourth-order valence-corrected chi connectivity index (χ4v) is 2.68. The minimum Gasteiger partial charge on any atom is -0.507 e. The molecule has 0 aliphatic rings. The van der Waals surface area contributed by atoms with E-state index in [2.05, 4.69) is 15.8 Å². The second-order valence-corrected chi connectivity index (χ2v) is 5.97. The Morgan fingerprint density at radius 1 is 1.07 bits per heavy atom. The molecule has 0 aromatic heterocycles.